The Balaban J connectivity index is 2.24. The monoisotopic (exact) mass is 270 g/mol. The Morgan fingerprint density at radius 3 is 2.78 bits per heavy atom. The average molecular weight is 270 g/mol. The summed E-state index contributed by atoms with van der Waals surface area (Å²) in [4.78, 5) is 15.2. The first kappa shape index (κ1) is 13.5. The smallest absolute Gasteiger partial charge is 0.326 e. The van der Waals surface area contributed by atoms with Crippen molar-refractivity contribution in [3.8, 4) is 0 Å². The van der Waals surface area contributed by atoms with Crippen molar-refractivity contribution in [2.24, 2.45) is 5.73 Å². The molecule has 3 N–H and O–H groups in total. The van der Waals surface area contributed by atoms with Gasteiger partial charge in [-0.05, 0) is 12.8 Å². The molecule has 0 spiro atoms. The molecule has 1 atom stereocenters. The second-order valence-electron chi connectivity index (χ2n) is 4.65. The molecular formula is C12H18N2O3S. The molecule has 1 aromatic rings. The Morgan fingerprint density at radius 2 is 2.22 bits per heavy atom. The number of thiazole rings is 1. The molecule has 1 aromatic heterocycles. The number of carboxylic acid groups (broad SMARTS) is 1. The molecule has 18 heavy (non-hydrogen) atoms. The number of rotatable bonds is 4. The summed E-state index contributed by atoms with van der Waals surface area (Å²) >= 11 is 1.45. The molecule has 1 fully saturated rings. The van der Waals surface area contributed by atoms with Crippen molar-refractivity contribution in [3.63, 3.8) is 0 Å². The number of ether oxygens (including phenoxy) is 1. The summed E-state index contributed by atoms with van der Waals surface area (Å²) < 4.78 is 5.68. The zero-order valence-electron chi connectivity index (χ0n) is 10.4. The predicted octanol–water partition coefficient (Wildman–Crippen LogP) is 2.03. The molecule has 0 aromatic carbocycles. The third kappa shape index (κ3) is 2.41. The van der Waals surface area contributed by atoms with Gasteiger partial charge < -0.3 is 15.6 Å². The largest absolute Gasteiger partial charge is 0.480 e. The van der Waals surface area contributed by atoms with E-state index in [9.17, 15) is 4.79 Å². The summed E-state index contributed by atoms with van der Waals surface area (Å²) in [7, 11) is 1.70. The number of methoxy groups -OCH3 is 1. The maximum atomic E-state index is 10.8. The van der Waals surface area contributed by atoms with Crippen molar-refractivity contribution < 1.29 is 14.6 Å². The van der Waals surface area contributed by atoms with Gasteiger partial charge in [0.15, 0.2) is 0 Å². The number of nitrogens with two attached hydrogens (primary N) is 1. The first-order valence-electron chi connectivity index (χ1n) is 6.08. The minimum atomic E-state index is -1.05. The van der Waals surface area contributed by atoms with Gasteiger partial charge >= 0.3 is 5.97 Å². The van der Waals surface area contributed by atoms with E-state index in [2.05, 4.69) is 4.98 Å². The second-order valence-corrected chi connectivity index (χ2v) is 5.51. The number of aliphatic carboxylic acids is 1. The zero-order valence-corrected chi connectivity index (χ0v) is 11.2. The van der Waals surface area contributed by atoms with Gasteiger partial charge in [-0.2, -0.15) is 0 Å². The molecule has 1 aliphatic carbocycles. The number of nitrogens with zero attached hydrogens (tertiary/aromatic N) is 1. The fraction of sp³-hybridized carbons (Fsp3) is 0.667. The van der Waals surface area contributed by atoms with Crippen LogP contribution in [0.15, 0.2) is 5.38 Å². The third-order valence-corrected chi connectivity index (χ3v) is 4.59. The van der Waals surface area contributed by atoms with Gasteiger partial charge in [0.05, 0.1) is 5.69 Å². The lowest BCUT2D eigenvalue weighted by molar-refractivity contribution is -0.138. The van der Waals surface area contributed by atoms with Crippen LogP contribution < -0.4 is 5.73 Å². The van der Waals surface area contributed by atoms with Crippen LogP contribution in [0.3, 0.4) is 0 Å². The lowest BCUT2D eigenvalue weighted by Gasteiger charge is -2.34. The molecular weight excluding hydrogens is 252 g/mol. The van der Waals surface area contributed by atoms with Crippen molar-refractivity contribution in [2.45, 2.75) is 43.7 Å². The van der Waals surface area contributed by atoms with Crippen molar-refractivity contribution in [1.82, 2.24) is 4.98 Å². The van der Waals surface area contributed by atoms with Gasteiger partial charge in [-0.1, -0.05) is 19.3 Å². The van der Waals surface area contributed by atoms with Gasteiger partial charge in [-0.3, -0.25) is 4.79 Å². The topological polar surface area (TPSA) is 85.4 Å². The number of hydrogen-bond acceptors (Lipinski definition) is 5. The summed E-state index contributed by atoms with van der Waals surface area (Å²) in [6.45, 7) is 0. The molecule has 0 radical (unpaired) electrons. The van der Waals surface area contributed by atoms with Crippen molar-refractivity contribution >= 4 is 17.3 Å². The average Bonchev–Trinajstić information content (AvgIpc) is 2.88. The van der Waals surface area contributed by atoms with Crippen LogP contribution in [-0.2, 0) is 15.1 Å². The highest BCUT2D eigenvalue weighted by Crippen LogP contribution is 2.41. The van der Waals surface area contributed by atoms with Crippen LogP contribution in [0.5, 0.6) is 0 Å². The van der Waals surface area contributed by atoms with Gasteiger partial charge in [-0.25, -0.2) is 4.98 Å². The maximum Gasteiger partial charge on any atom is 0.326 e. The van der Waals surface area contributed by atoms with Crippen LogP contribution in [0, 0.1) is 0 Å². The molecule has 0 amide bonds. The van der Waals surface area contributed by atoms with Crippen LogP contribution in [0.4, 0.5) is 0 Å². The molecule has 1 aliphatic rings. The van der Waals surface area contributed by atoms with E-state index in [-0.39, 0.29) is 5.60 Å². The third-order valence-electron chi connectivity index (χ3n) is 3.55. The molecule has 0 bridgehead atoms. The van der Waals surface area contributed by atoms with E-state index in [0.717, 1.165) is 30.7 Å². The van der Waals surface area contributed by atoms with Gasteiger partial charge in [0.2, 0.25) is 0 Å². The van der Waals surface area contributed by atoms with E-state index in [4.69, 9.17) is 15.6 Å². The number of carboxylic acids is 1. The van der Waals surface area contributed by atoms with E-state index in [1.807, 2.05) is 0 Å². The highest BCUT2D eigenvalue weighted by atomic mass is 32.1. The van der Waals surface area contributed by atoms with Crippen LogP contribution in [0.2, 0.25) is 0 Å². The minimum Gasteiger partial charge on any atom is -0.480 e. The Labute approximate surface area is 110 Å². The SMILES string of the molecule is COC1(c2nc(C(N)C(=O)O)cs2)CCCCC1. The normalized spacial score (nSPS) is 20.6. The molecule has 1 unspecified atom stereocenters. The lowest BCUT2D eigenvalue weighted by Crippen LogP contribution is -2.31. The molecule has 1 saturated carbocycles. The summed E-state index contributed by atoms with van der Waals surface area (Å²) in [5.74, 6) is -1.05. The Kier molecular flexibility index (Phi) is 3.99. The highest BCUT2D eigenvalue weighted by Gasteiger charge is 2.37. The van der Waals surface area contributed by atoms with Gasteiger partial charge in [0.25, 0.3) is 0 Å². The van der Waals surface area contributed by atoms with Crippen molar-refractivity contribution in [2.75, 3.05) is 7.11 Å². The van der Waals surface area contributed by atoms with Gasteiger partial charge in [0.1, 0.15) is 16.7 Å². The van der Waals surface area contributed by atoms with E-state index >= 15 is 0 Å². The van der Waals surface area contributed by atoms with Crippen LogP contribution >= 0.6 is 11.3 Å². The van der Waals surface area contributed by atoms with Gasteiger partial charge in [-0.15, -0.1) is 11.3 Å². The Morgan fingerprint density at radius 1 is 1.56 bits per heavy atom. The maximum absolute atomic E-state index is 10.8. The summed E-state index contributed by atoms with van der Waals surface area (Å²) in [6.07, 6.45) is 5.34. The second kappa shape index (κ2) is 5.34. The summed E-state index contributed by atoms with van der Waals surface area (Å²) in [6, 6.07) is -1.05. The summed E-state index contributed by atoms with van der Waals surface area (Å²) in [5, 5.41) is 11.5. The zero-order chi connectivity index (χ0) is 13.2. The van der Waals surface area contributed by atoms with Crippen molar-refractivity contribution in [1.29, 1.82) is 0 Å². The van der Waals surface area contributed by atoms with E-state index in [1.165, 1.54) is 17.8 Å². The fourth-order valence-corrected chi connectivity index (χ4v) is 3.49. The highest BCUT2D eigenvalue weighted by molar-refractivity contribution is 7.09. The van der Waals surface area contributed by atoms with E-state index < -0.39 is 12.0 Å². The minimum absolute atomic E-state index is 0.334. The number of carbonyl (C=O) groups is 1. The molecule has 0 saturated heterocycles. The van der Waals surface area contributed by atoms with E-state index in [1.54, 1.807) is 12.5 Å². The first-order valence-corrected chi connectivity index (χ1v) is 6.96. The molecule has 2 rings (SSSR count). The molecule has 0 aliphatic heterocycles. The lowest BCUT2D eigenvalue weighted by atomic mass is 9.85. The van der Waals surface area contributed by atoms with Crippen LogP contribution in [-0.4, -0.2) is 23.2 Å². The molecule has 1 heterocycles. The van der Waals surface area contributed by atoms with Gasteiger partial charge in [0, 0.05) is 12.5 Å². The predicted molar refractivity (Wildman–Crippen MR) is 68.5 cm³/mol. The fourth-order valence-electron chi connectivity index (χ4n) is 2.39. The van der Waals surface area contributed by atoms with Crippen LogP contribution in [0.25, 0.3) is 0 Å². The quantitative estimate of drug-likeness (QED) is 0.874. The first-order chi connectivity index (χ1) is 8.59. The Bertz CT molecular complexity index is 427. The van der Waals surface area contributed by atoms with Crippen molar-refractivity contribution in [3.05, 3.63) is 16.1 Å². The molecule has 5 nitrogen and oxygen atoms in total. The molecule has 6 heteroatoms. The molecule has 100 valence electrons. The number of aromatic nitrogens is 1. The Hall–Kier alpha value is -0.980. The van der Waals surface area contributed by atoms with Crippen LogP contribution in [0.1, 0.15) is 48.8 Å². The standard InChI is InChI=1S/C12H18N2O3S/c1-17-12(5-3-2-4-6-12)11-14-8(7-18-11)9(13)10(15)16/h7,9H,2-6,13H2,1H3,(H,15,16). The number of hydrogen-bond donors (Lipinski definition) is 2. The summed E-state index contributed by atoms with van der Waals surface area (Å²) in [5.41, 5.74) is 5.66. The van der Waals surface area contributed by atoms with E-state index in [0.29, 0.717) is 5.69 Å².